The normalized spacial score (nSPS) is 22.4. The molecule has 27 heavy (non-hydrogen) atoms. The first kappa shape index (κ1) is 24.4. The van der Waals surface area contributed by atoms with Crippen LogP contribution in [0.15, 0.2) is 0 Å². The Hall–Kier alpha value is -0.650. The first-order chi connectivity index (χ1) is 12.8. The molecule has 1 aliphatic heterocycles. The van der Waals surface area contributed by atoms with E-state index in [9.17, 15) is 10.0 Å². The SMILES string of the molecule is CCCCCCCCCCCCCC1(CCCC(=O)O)OCC(C)(C)N1O. The average molecular weight is 386 g/mol. The van der Waals surface area contributed by atoms with Gasteiger partial charge in [0.1, 0.15) is 5.72 Å². The van der Waals surface area contributed by atoms with E-state index in [1.165, 1.54) is 62.9 Å². The van der Waals surface area contributed by atoms with Gasteiger partial charge in [-0.3, -0.25) is 4.79 Å². The molecule has 1 atom stereocenters. The number of aliphatic carboxylic acids is 1. The minimum Gasteiger partial charge on any atom is -0.481 e. The number of unbranched alkanes of at least 4 members (excludes halogenated alkanes) is 10. The molecule has 0 saturated carbocycles. The van der Waals surface area contributed by atoms with Crippen molar-refractivity contribution >= 4 is 5.97 Å². The van der Waals surface area contributed by atoms with Gasteiger partial charge < -0.3 is 15.1 Å². The third kappa shape index (κ3) is 8.93. The highest BCUT2D eigenvalue weighted by Crippen LogP contribution is 2.40. The number of carboxylic acid groups (broad SMARTS) is 1. The Bertz CT molecular complexity index is 413. The van der Waals surface area contributed by atoms with Crippen molar-refractivity contribution in [3.8, 4) is 0 Å². The first-order valence-corrected chi connectivity index (χ1v) is 11.2. The van der Waals surface area contributed by atoms with Crippen molar-refractivity contribution in [3.63, 3.8) is 0 Å². The largest absolute Gasteiger partial charge is 0.481 e. The van der Waals surface area contributed by atoms with Crippen LogP contribution in [0.4, 0.5) is 0 Å². The van der Waals surface area contributed by atoms with E-state index in [1.54, 1.807) is 0 Å². The highest BCUT2D eigenvalue weighted by Gasteiger charge is 2.50. The van der Waals surface area contributed by atoms with Crippen molar-refractivity contribution in [3.05, 3.63) is 0 Å². The van der Waals surface area contributed by atoms with Crippen LogP contribution in [0.25, 0.3) is 0 Å². The lowest BCUT2D eigenvalue weighted by atomic mass is 9.95. The topological polar surface area (TPSA) is 70.0 Å². The van der Waals surface area contributed by atoms with E-state index in [1.807, 2.05) is 13.8 Å². The summed E-state index contributed by atoms with van der Waals surface area (Å²) >= 11 is 0. The molecule has 1 rings (SSSR count). The van der Waals surface area contributed by atoms with Crippen LogP contribution in [0.2, 0.25) is 0 Å². The second-order valence-electron chi connectivity index (χ2n) is 8.89. The minimum absolute atomic E-state index is 0.123. The fourth-order valence-electron chi connectivity index (χ4n) is 4.05. The smallest absolute Gasteiger partial charge is 0.303 e. The van der Waals surface area contributed by atoms with Crippen LogP contribution in [0, 0.1) is 0 Å². The summed E-state index contributed by atoms with van der Waals surface area (Å²) < 4.78 is 6.02. The lowest BCUT2D eigenvalue weighted by Gasteiger charge is -2.37. The van der Waals surface area contributed by atoms with Gasteiger partial charge in [-0.2, -0.15) is 5.06 Å². The van der Waals surface area contributed by atoms with Crippen LogP contribution in [0.3, 0.4) is 0 Å². The number of hydroxylamine groups is 2. The van der Waals surface area contributed by atoms with Gasteiger partial charge in [0.25, 0.3) is 0 Å². The Kier molecular flexibility index (Phi) is 11.5. The number of carboxylic acids is 1. The molecule has 1 aliphatic rings. The number of rotatable bonds is 16. The molecule has 1 unspecified atom stereocenters. The van der Waals surface area contributed by atoms with Crippen molar-refractivity contribution in [1.29, 1.82) is 0 Å². The Morgan fingerprint density at radius 1 is 0.889 bits per heavy atom. The summed E-state index contributed by atoms with van der Waals surface area (Å²) in [4.78, 5) is 10.8. The number of nitrogens with zero attached hydrogens (tertiary/aromatic N) is 1. The van der Waals surface area contributed by atoms with Crippen molar-refractivity contribution in [1.82, 2.24) is 5.06 Å². The molecule has 0 aromatic carbocycles. The number of ether oxygens (including phenoxy) is 1. The van der Waals surface area contributed by atoms with Crippen molar-refractivity contribution in [2.75, 3.05) is 6.61 Å². The number of hydrogen-bond acceptors (Lipinski definition) is 4. The summed E-state index contributed by atoms with van der Waals surface area (Å²) in [7, 11) is 0. The summed E-state index contributed by atoms with van der Waals surface area (Å²) in [5, 5.41) is 20.9. The second kappa shape index (κ2) is 12.7. The molecule has 0 aromatic heterocycles. The maximum absolute atomic E-state index is 10.8. The highest BCUT2D eigenvalue weighted by atomic mass is 16.6. The lowest BCUT2D eigenvalue weighted by molar-refractivity contribution is -0.256. The molecule has 5 heteroatoms. The minimum atomic E-state index is -0.790. The molecule has 2 N–H and O–H groups in total. The van der Waals surface area contributed by atoms with Gasteiger partial charge in [-0.05, 0) is 39.5 Å². The van der Waals surface area contributed by atoms with E-state index in [0.29, 0.717) is 19.4 Å². The monoisotopic (exact) mass is 385 g/mol. The zero-order valence-corrected chi connectivity index (χ0v) is 18.0. The molecule has 0 aromatic rings. The molecule has 160 valence electrons. The van der Waals surface area contributed by atoms with E-state index < -0.39 is 17.2 Å². The Balaban J connectivity index is 2.23. The van der Waals surface area contributed by atoms with E-state index in [2.05, 4.69) is 6.92 Å². The maximum Gasteiger partial charge on any atom is 0.303 e. The van der Waals surface area contributed by atoms with Gasteiger partial charge in [0.15, 0.2) is 0 Å². The maximum atomic E-state index is 10.8. The molecule has 0 spiro atoms. The van der Waals surface area contributed by atoms with E-state index in [-0.39, 0.29) is 6.42 Å². The molecule has 0 radical (unpaired) electrons. The zero-order valence-electron chi connectivity index (χ0n) is 18.0. The summed E-state index contributed by atoms with van der Waals surface area (Å²) in [5.74, 6) is -0.790. The van der Waals surface area contributed by atoms with E-state index in [0.717, 1.165) is 19.3 Å². The van der Waals surface area contributed by atoms with Crippen LogP contribution in [0.5, 0.6) is 0 Å². The van der Waals surface area contributed by atoms with E-state index >= 15 is 0 Å². The van der Waals surface area contributed by atoms with Crippen molar-refractivity contribution < 1.29 is 19.8 Å². The quantitative estimate of drug-likeness (QED) is 0.312. The number of carbonyl (C=O) groups is 1. The van der Waals surface area contributed by atoms with Crippen molar-refractivity contribution in [2.45, 2.75) is 128 Å². The van der Waals surface area contributed by atoms with Crippen LogP contribution >= 0.6 is 0 Å². The summed E-state index contributed by atoms with van der Waals surface area (Å²) in [6.45, 7) is 6.66. The third-order valence-corrected chi connectivity index (χ3v) is 5.78. The standard InChI is InChI=1S/C22H43NO4/c1-4-5-6-7-8-9-10-11-12-13-14-17-22(18-15-16-20(24)25)23(26)21(2,3)19-27-22/h26H,4-19H2,1-3H3,(H,24,25). The molecule has 5 nitrogen and oxygen atoms in total. The van der Waals surface area contributed by atoms with Crippen LogP contribution in [0.1, 0.15) is 117 Å². The van der Waals surface area contributed by atoms with Crippen LogP contribution < -0.4 is 0 Å². The predicted octanol–water partition coefficient (Wildman–Crippen LogP) is 6.14. The molecule has 0 aliphatic carbocycles. The zero-order chi connectivity index (χ0) is 20.2. The molecule has 1 saturated heterocycles. The average Bonchev–Trinajstić information content (AvgIpc) is 2.84. The fourth-order valence-corrected chi connectivity index (χ4v) is 4.05. The van der Waals surface area contributed by atoms with Gasteiger partial charge in [-0.25, -0.2) is 0 Å². The second-order valence-corrected chi connectivity index (χ2v) is 8.89. The van der Waals surface area contributed by atoms with Gasteiger partial charge in [0.05, 0.1) is 12.1 Å². The predicted molar refractivity (Wildman–Crippen MR) is 109 cm³/mol. The molecular formula is C22H43NO4. The van der Waals surface area contributed by atoms with E-state index in [4.69, 9.17) is 9.84 Å². The third-order valence-electron chi connectivity index (χ3n) is 5.78. The fraction of sp³-hybridized carbons (Fsp3) is 0.955. The Morgan fingerprint density at radius 2 is 1.37 bits per heavy atom. The Labute approximate surface area is 166 Å². The Morgan fingerprint density at radius 3 is 1.81 bits per heavy atom. The van der Waals surface area contributed by atoms with Crippen LogP contribution in [-0.2, 0) is 9.53 Å². The van der Waals surface area contributed by atoms with Crippen LogP contribution in [-0.4, -0.2) is 39.2 Å². The first-order valence-electron chi connectivity index (χ1n) is 11.2. The summed E-state index contributed by atoms with van der Waals surface area (Å²) in [6.07, 6.45) is 16.2. The van der Waals surface area contributed by atoms with Gasteiger partial charge in [-0.15, -0.1) is 0 Å². The highest BCUT2D eigenvalue weighted by molar-refractivity contribution is 5.66. The molecule has 0 amide bonds. The molecule has 0 bridgehead atoms. The van der Waals surface area contributed by atoms with Crippen molar-refractivity contribution in [2.24, 2.45) is 0 Å². The van der Waals surface area contributed by atoms with Gasteiger partial charge in [0, 0.05) is 6.42 Å². The van der Waals surface area contributed by atoms with Gasteiger partial charge >= 0.3 is 5.97 Å². The van der Waals surface area contributed by atoms with Gasteiger partial charge in [-0.1, -0.05) is 71.1 Å². The lowest BCUT2D eigenvalue weighted by Crippen LogP contribution is -2.50. The molecular weight excluding hydrogens is 342 g/mol. The molecule has 1 fully saturated rings. The molecule has 1 heterocycles. The summed E-state index contributed by atoms with van der Waals surface area (Å²) in [6, 6.07) is 0. The van der Waals surface area contributed by atoms with Gasteiger partial charge in [0.2, 0.25) is 0 Å². The number of hydrogen-bond donors (Lipinski definition) is 2. The summed E-state index contributed by atoms with van der Waals surface area (Å²) in [5.41, 5.74) is -1.13.